The van der Waals surface area contributed by atoms with Crippen LogP contribution in [0.5, 0.6) is 23.0 Å². The van der Waals surface area contributed by atoms with Crippen LogP contribution >= 0.6 is 0 Å². The van der Waals surface area contributed by atoms with E-state index in [1.165, 1.54) is 0 Å². The van der Waals surface area contributed by atoms with Crippen LogP contribution in [0.15, 0.2) is 60.9 Å². The van der Waals surface area contributed by atoms with Crippen LogP contribution in [0.3, 0.4) is 0 Å². The molecule has 0 spiro atoms. The van der Waals surface area contributed by atoms with E-state index in [2.05, 4.69) is 24.1 Å². The molecule has 0 bridgehead atoms. The number of rotatable bonds is 9. The quantitative estimate of drug-likeness (QED) is 0.484. The number of carbonyl (C=O) groups excluding carboxylic acids is 1. The first-order valence-electron chi connectivity index (χ1n) is 11.5. The van der Waals surface area contributed by atoms with Gasteiger partial charge in [-0.15, -0.1) is 0 Å². The number of benzene rings is 2. The van der Waals surface area contributed by atoms with Crippen LogP contribution in [-0.4, -0.2) is 30.7 Å². The number of pyridine rings is 1. The lowest BCUT2D eigenvalue weighted by Crippen LogP contribution is -2.32. The van der Waals surface area contributed by atoms with Gasteiger partial charge in [-0.2, -0.15) is 0 Å². The molecule has 1 aliphatic heterocycles. The number of hydrogen-bond donors (Lipinski definition) is 1. The van der Waals surface area contributed by atoms with Crippen LogP contribution in [0, 0.1) is 5.92 Å². The summed E-state index contributed by atoms with van der Waals surface area (Å²) in [6.07, 6.45) is 3.48. The van der Waals surface area contributed by atoms with Gasteiger partial charge in [-0.25, -0.2) is 0 Å². The number of fused-ring (bicyclic) bond motifs is 1. The zero-order chi connectivity index (χ0) is 23.9. The third-order valence-electron chi connectivity index (χ3n) is 5.50. The van der Waals surface area contributed by atoms with Crippen molar-refractivity contribution in [3.05, 3.63) is 77.6 Å². The maximum absolute atomic E-state index is 13.2. The molecule has 178 valence electrons. The van der Waals surface area contributed by atoms with Crippen LogP contribution in [0.4, 0.5) is 0 Å². The Labute approximate surface area is 200 Å². The molecule has 0 radical (unpaired) electrons. The molecule has 2 aromatic carbocycles. The Hall–Kier alpha value is -3.74. The average Bonchev–Trinajstić information content (AvgIpc) is 2.86. The molecule has 0 saturated heterocycles. The number of amides is 1. The first-order valence-corrected chi connectivity index (χ1v) is 11.5. The van der Waals surface area contributed by atoms with E-state index in [-0.39, 0.29) is 17.9 Å². The predicted octanol–water partition coefficient (Wildman–Crippen LogP) is 4.96. The fourth-order valence-corrected chi connectivity index (χ4v) is 3.79. The van der Waals surface area contributed by atoms with Gasteiger partial charge in [0.1, 0.15) is 19.8 Å². The molecule has 3 aromatic rings. The molecular formula is C27H30N2O5. The monoisotopic (exact) mass is 462 g/mol. The average molecular weight is 463 g/mol. The summed E-state index contributed by atoms with van der Waals surface area (Å²) in [7, 11) is 0. The fraction of sp³-hybridized carbons (Fsp3) is 0.333. The molecule has 7 nitrogen and oxygen atoms in total. The van der Waals surface area contributed by atoms with Gasteiger partial charge in [0.05, 0.1) is 12.6 Å². The number of ether oxygens (including phenoxy) is 4. The van der Waals surface area contributed by atoms with Gasteiger partial charge < -0.3 is 24.3 Å². The molecule has 34 heavy (non-hydrogen) atoms. The molecule has 0 fully saturated rings. The Balaban J connectivity index is 1.51. The Kier molecular flexibility index (Phi) is 7.52. The van der Waals surface area contributed by atoms with Gasteiger partial charge in [-0.1, -0.05) is 26.0 Å². The molecule has 7 heteroatoms. The highest BCUT2D eigenvalue weighted by Crippen LogP contribution is 2.35. The lowest BCUT2D eigenvalue weighted by atomic mass is 9.95. The summed E-state index contributed by atoms with van der Waals surface area (Å²) < 4.78 is 23.0. The second-order valence-corrected chi connectivity index (χ2v) is 8.34. The van der Waals surface area contributed by atoms with Gasteiger partial charge in [0.15, 0.2) is 23.0 Å². The fourth-order valence-electron chi connectivity index (χ4n) is 3.79. The largest absolute Gasteiger partial charge is 0.490 e. The minimum Gasteiger partial charge on any atom is -0.490 e. The third-order valence-corrected chi connectivity index (χ3v) is 5.50. The Morgan fingerprint density at radius 2 is 1.85 bits per heavy atom. The summed E-state index contributed by atoms with van der Waals surface area (Å²) in [5, 5.41) is 3.16. The maximum atomic E-state index is 13.2. The molecule has 1 aromatic heterocycles. The SMILES string of the molecule is CCOc1cc(C(=O)NC(c2ccc3c(c2)OCCO3)C(C)C)ccc1OCc1cccnc1. The van der Waals surface area contributed by atoms with E-state index in [4.69, 9.17) is 18.9 Å². The molecule has 1 aliphatic rings. The summed E-state index contributed by atoms with van der Waals surface area (Å²) in [5.74, 6) is 2.52. The number of hydrogen-bond acceptors (Lipinski definition) is 6. The molecule has 0 aliphatic carbocycles. The highest BCUT2D eigenvalue weighted by atomic mass is 16.6. The molecule has 4 rings (SSSR count). The molecule has 0 saturated carbocycles. The highest BCUT2D eigenvalue weighted by molar-refractivity contribution is 5.95. The zero-order valence-electron chi connectivity index (χ0n) is 19.7. The Bertz CT molecular complexity index is 1120. The smallest absolute Gasteiger partial charge is 0.251 e. The lowest BCUT2D eigenvalue weighted by molar-refractivity contribution is 0.0924. The summed E-state index contributed by atoms with van der Waals surface area (Å²) in [5.41, 5.74) is 2.42. The van der Waals surface area contributed by atoms with Crippen molar-refractivity contribution < 1.29 is 23.7 Å². The first kappa shape index (κ1) is 23.4. The van der Waals surface area contributed by atoms with Crippen molar-refractivity contribution in [3.8, 4) is 23.0 Å². The number of aromatic nitrogens is 1. The Morgan fingerprint density at radius 3 is 2.59 bits per heavy atom. The second kappa shape index (κ2) is 10.9. The van der Waals surface area contributed by atoms with Crippen molar-refractivity contribution in [2.45, 2.75) is 33.4 Å². The van der Waals surface area contributed by atoms with Crippen molar-refractivity contribution in [3.63, 3.8) is 0 Å². The van der Waals surface area contributed by atoms with Gasteiger partial charge in [0.2, 0.25) is 0 Å². The van der Waals surface area contributed by atoms with Crippen LogP contribution in [-0.2, 0) is 6.61 Å². The standard InChI is InChI=1S/C27H30N2O5/c1-4-31-24-15-21(8-10-23(24)34-17-19-6-5-11-28-16-19)27(30)29-26(18(2)3)20-7-9-22-25(14-20)33-13-12-32-22/h5-11,14-16,18,26H,4,12-13,17H2,1-3H3,(H,29,30). The third kappa shape index (κ3) is 5.60. The van der Waals surface area contributed by atoms with E-state index in [0.717, 1.165) is 16.9 Å². The second-order valence-electron chi connectivity index (χ2n) is 8.34. The summed E-state index contributed by atoms with van der Waals surface area (Å²) in [6, 6.07) is 14.7. The molecule has 1 amide bonds. The van der Waals surface area contributed by atoms with Gasteiger partial charge in [-0.3, -0.25) is 9.78 Å². The Morgan fingerprint density at radius 1 is 1.03 bits per heavy atom. The zero-order valence-corrected chi connectivity index (χ0v) is 19.7. The number of carbonyl (C=O) groups is 1. The van der Waals surface area contributed by atoms with Crippen LogP contribution in [0.2, 0.25) is 0 Å². The van der Waals surface area contributed by atoms with E-state index in [9.17, 15) is 4.79 Å². The molecule has 2 heterocycles. The molecule has 1 atom stereocenters. The van der Waals surface area contributed by atoms with E-state index < -0.39 is 0 Å². The van der Waals surface area contributed by atoms with Crippen LogP contribution < -0.4 is 24.3 Å². The van der Waals surface area contributed by atoms with Gasteiger partial charge >= 0.3 is 0 Å². The van der Waals surface area contributed by atoms with Crippen LogP contribution in [0.1, 0.15) is 48.3 Å². The lowest BCUT2D eigenvalue weighted by Gasteiger charge is -2.25. The van der Waals surface area contributed by atoms with Crippen molar-refractivity contribution in [2.24, 2.45) is 5.92 Å². The van der Waals surface area contributed by atoms with Crippen molar-refractivity contribution >= 4 is 5.91 Å². The minimum absolute atomic E-state index is 0.167. The summed E-state index contributed by atoms with van der Waals surface area (Å²) in [4.78, 5) is 17.3. The van der Waals surface area contributed by atoms with Crippen molar-refractivity contribution in [1.29, 1.82) is 0 Å². The van der Waals surface area contributed by atoms with E-state index in [0.29, 0.717) is 49.2 Å². The van der Waals surface area contributed by atoms with Gasteiger partial charge in [0.25, 0.3) is 5.91 Å². The predicted molar refractivity (Wildman–Crippen MR) is 129 cm³/mol. The molecular weight excluding hydrogens is 432 g/mol. The highest BCUT2D eigenvalue weighted by Gasteiger charge is 2.23. The van der Waals surface area contributed by atoms with E-state index >= 15 is 0 Å². The number of nitrogens with zero attached hydrogens (tertiary/aromatic N) is 1. The van der Waals surface area contributed by atoms with E-state index in [1.807, 2.05) is 37.3 Å². The first-order chi connectivity index (χ1) is 16.5. The molecule has 1 unspecified atom stereocenters. The van der Waals surface area contributed by atoms with E-state index in [1.54, 1.807) is 30.6 Å². The van der Waals surface area contributed by atoms with Gasteiger partial charge in [-0.05, 0) is 54.8 Å². The normalized spacial score (nSPS) is 13.3. The number of nitrogens with one attached hydrogen (secondary N) is 1. The summed E-state index contributed by atoms with van der Waals surface area (Å²) >= 11 is 0. The van der Waals surface area contributed by atoms with Gasteiger partial charge in [0, 0.05) is 23.5 Å². The van der Waals surface area contributed by atoms with Crippen molar-refractivity contribution in [2.75, 3.05) is 19.8 Å². The minimum atomic E-state index is -0.194. The maximum Gasteiger partial charge on any atom is 0.251 e. The van der Waals surface area contributed by atoms with Crippen molar-refractivity contribution in [1.82, 2.24) is 10.3 Å². The summed E-state index contributed by atoms with van der Waals surface area (Å²) in [6.45, 7) is 7.92. The topological polar surface area (TPSA) is 78.9 Å². The molecule has 1 N–H and O–H groups in total. The van der Waals surface area contributed by atoms with Crippen LogP contribution in [0.25, 0.3) is 0 Å².